The van der Waals surface area contributed by atoms with E-state index in [0.29, 0.717) is 58.5 Å². The summed E-state index contributed by atoms with van der Waals surface area (Å²) in [5.74, 6) is 0.287. The molecule has 132 valence electrons. The Bertz CT molecular complexity index is 384. The maximum atomic E-state index is 12.3. The molecule has 0 aromatic carbocycles. The first-order valence-electron chi connectivity index (χ1n) is 8.86. The fourth-order valence-corrected chi connectivity index (χ4v) is 2.74. The lowest BCUT2D eigenvalue weighted by molar-refractivity contribution is -0.134. The molecule has 1 saturated heterocycles. The average molecular weight is 325 g/mol. The van der Waals surface area contributed by atoms with Gasteiger partial charge in [0.1, 0.15) is 0 Å². The van der Waals surface area contributed by atoms with E-state index in [1.54, 1.807) is 9.80 Å². The van der Waals surface area contributed by atoms with Gasteiger partial charge in [0.25, 0.3) is 0 Å². The Morgan fingerprint density at radius 1 is 0.652 bits per heavy atom. The Morgan fingerprint density at radius 2 is 1.00 bits per heavy atom. The third kappa shape index (κ3) is 6.20. The molecule has 1 fully saturated rings. The third-order valence-electron chi connectivity index (χ3n) is 4.33. The van der Waals surface area contributed by atoms with Gasteiger partial charge in [0.2, 0.25) is 17.7 Å². The fraction of sp³-hybridized carbons (Fsp3) is 0.824. The molecular weight excluding hydrogens is 294 g/mol. The lowest BCUT2D eigenvalue weighted by atomic mass is 10.2. The van der Waals surface area contributed by atoms with Gasteiger partial charge in [-0.1, -0.05) is 27.2 Å². The minimum Gasteiger partial charge on any atom is -0.339 e. The highest BCUT2D eigenvalue weighted by Gasteiger charge is 2.22. The van der Waals surface area contributed by atoms with Crippen molar-refractivity contribution in [1.29, 1.82) is 0 Å². The number of amides is 3. The van der Waals surface area contributed by atoms with Crippen LogP contribution in [0.5, 0.6) is 0 Å². The third-order valence-corrected chi connectivity index (χ3v) is 4.33. The van der Waals surface area contributed by atoms with Crippen LogP contribution >= 0.6 is 0 Å². The van der Waals surface area contributed by atoms with Crippen molar-refractivity contribution in [3.8, 4) is 0 Å². The maximum absolute atomic E-state index is 12.3. The van der Waals surface area contributed by atoms with Gasteiger partial charge in [-0.05, 0) is 6.42 Å². The van der Waals surface area contributed by atoms with E-state index in [0.717, 1.165) is 12.8 Å². The summed E-state index contributed by atoms with van der Waals surface area (Å²) in [4.78, 5) is 41.8. The first kappa shape index (κ1) is 19.5. The van der Waals surface area contributed by atoms with Crippen LogP contribution in [0.2, 0.25) is 0 Å². The van der Waals surface area contributed by atoms with Crippen molar-refractivity contribution in [2.24, 2.45) is 0 Å². The first-order valence-corrected chi connectivity index (χ1v) is 8.86. The van der Waals surface area contributed by atoms with E-state index in [1.165, 1.54) is 0 Å². The summed E-state index contributed by atoms with van der Waals surface area (Å²) in [5, 5.41) is 0. The van der Waals surface area contributed by atoms with Gasteiger partial charge in [-0.15, -0.1) is 0 Å². The summed E-state index contributed by atoms with van der Waals surface area (Å²) >= 11 is 0. The molecule has 0 aliphatic carbocycles. The molecule has 0 saturated carbocycles. The van der Waals surface area contributed by atoms with Crippen LogP contribution in [-0.4, -0.2) is 71.7 Å². The predicted molar refractivity (Wildman–Crippen MR) is 89.8 cm³/mol. The lowest BCUT2D eigenvalue weighted by Gasteiger charge is -2.26. The second-order valence-corrected chi connectivity index (χ2v) is 5.95. The summed E-state index contributed by atoms with van der Waals surface area (Å²) in [6.45, 7) is 9.07. The van der Waals surface area contributed by atoms with Crippen molar-refractivity contribution in [2.45, 2.75) is 52.9 Å². The molecule has 0 radical (unpaired) electrons. The topological polar surface area (TPSA) is 60.9 Å². The van der Waals surface area contributed by atoms with Crippen LogP contribution in [-0.2, 0) is 14.4 Å². The minimum absolute atomic E-state index is 0.0803. The van der Waals surface area contributed by atoms with E-state index in [1.807, 2.05) is 18.7 Å². The van der Waals surface area contributed by atoms with Gasteiger partial charge in [-0.25, -0.2) is 0 Å². The zero-order valence-corrected chi connectivity index (χ0v) is 14.8. The van der Waals surface area contributed by atoms with Crippen molar-refractivity contribution in [3.63, 3.8) is 0 Å². The molecule has 0 aromatic heterocycles. The van der Waals surface area contributed by atoms with E-state index < -0.39 is 0 Å². The monoisotopic (exact) mass is 325 g/mol. The molecule has 1 aliphatic heterocycles. The highest BCUT2D eigenvalue weighted by atomic mass is 16.2. The van der Waals surface area contributed by atoms with Gasteiger partial charge in [-0.3, -0.25) is 14.4 Å². The second kappa shape index (κ2) is 10.2. The molecule has 23 heavy (non-hydrogen) atoms. The fourth-order valence-electron chi connectivity index (χ4n) is 2.74. The first-order chi connectivity index (χ1) is 11.0. The van der Waals surface area contributed by atoms with Crippen LogP contribution < -0.4 is 0 Å². The van der Waals surface area contributed by atoms with Gasteiger partial charge in [0, 0.05) is 58.5 Å². The summed E-state index contributed by atoms with van der Waals surface area (Å²) < 4.78 is 0. The molecule has 1 rings (SSSR count). The smallest absolute Gasteiger partial charge is 0.222 e. The van der Waals surface area contributed by atoms with E-state index in [-0.39, 0.29) is 17.7 Å². The Hall–Kier alpha value is -1.59. The summed E-state index contributed by atoms with van der Waals surface area (Å²) in [5.41, 5.74) is 0. The maximum Gasteiger partial charge on any atom is 0.222 e. The van der Waals surface area contributed by atoms with Crippen molar-refractivity contribution < 1.29 is 14.4 Å². The van der Waals surface area contributed by atoms with Crippen LogP contribution in [0.4, 0.5) is 0 Å². The molecule has 0 bridgehead atoms. The molecule has 0 N–H and O–H groups in total. The SMILES string of the molecule is CCCCC(=O)N1CCN(C(=O)CC)CCN(C(=O)CC)CC1. The van der Waals surface area contributed by atoms with Gasteiger partial charge in [-0.2, -0.15) is 0 Å². The van der Waals surface area contributed by atoms with Crippen LogP contribution in [0, 0.1) is 0 Å². The minimum atomic E-state index is 0.0803. The van der Waals surface area contributed by atoms with Crippen molar-refractivity contribution in [3.05, 3.63) is 0 Å². The van der Waals surface area contributed by atoms with E-state index in [2.05, 4.69) is 6.92 Å². The lowest BCUT2D eigenvalue weighted by Crippen LogP contribution is -2.41. The molecule has 0 unspecified atom stereocenters. The molecule has 0 spiro atoms. The Kier molecular flexibility index (Phi) is 8.66. The molecule has 6 nitrogen and oxygen atoms in total. The standard InChI is InChI=1S/C17H31N3O3/c1-4-7-8-17(23)20-13-11-18(15(21)5-2)9-10-19(12-14-20)16(22)6-3/h4-14H2,1-3H3. The van der Waals surface area contributed by atoms with Crippen molar-refractivity contribution in [1.82, 2.24) is 14.7 Å². The highest BCUT2D eigenvalue weighted by Crippen LogP contribution is 2.07. The summed E-state index contributed by atoms with van der Waals surface area (Å²) in [7, 11) is 0. The quantitative estimate of drug-likeness (QED) is 0.769. The number of nitrogens with zero attached hydrogens (tertiary/aromatic N) is 3. The van der Waals surface area contributed by atoms with Crippen LogP contribution in [0.1, 0.15) is 52.9 Å². The number of hydrogen-bond donors (Lipinski definition) is 0. The van der Waals surface area contributed by atoms with E-state index in [4.69, 9.17) is 0 Å². The van der Waals surface area contributed by atoms with Crippen LogP contribution in [0.3, 0.4) is 0 Å². The summed E-state index contributed by atoms with van der Waals surface area (Å²) in [6, 6.07) is 0. The van der Waals surface area contributed by atoms with Gasteiger partial charge in [0.15, 0.2) is 0 Å². The number of unbranched alkanes of at least 4 members (excludes halogenated alkanes) is 1. The average Bonchev–Trinajstić information content (AvgIpc) is 2.68. The molecule has 1 aliphatic rings. The van der Waals surface area contributed by atoms with Gasteiger partial charge in [0.05, 0.1) is 0 Å². The van der Waals surface area contributed by atoms with E-state index >= 15 is 0 Å². The van der Waals surface area contributed by atoms with Crippen molar-refractivity contribution in [2.75, 3.05) is 39.3 Å². The Balaban J connectivity index is 2.80. The summed E-state index contributed by atoms with van der Waals surface area (Å²) in [6.07, 6.45) is 3.31. The predicted octanol–water partition coefficient (Wildman–Crippen LogP) is 1.50. The molecular formula is C17H31N3O3. The molecule has 3 amide bonds. The molecule has 0 atom stereocenters. The zero-order valence-electron chi connectivity index (χ0n) is 14.8. The Labute approximate surface area is 139 Å². The number of carbonyl (C=O) groups excluding carboxylic acids is 3. The van der Waals surface area contributed by atoms with E-state index in [9.17, 15) is 14.4 Å². The number of hydrogen-bond acceptors (Lipinski definition) is 3. The normalized spacial score (nSPS) is 16.6. The zero-order chi connectivity index (χ0) is 17.2. The molecule has 6 heteroatoms. The van der Waals surface area contributed by atoms with Gasteiger partial charge >= 0.3 is 0 Å². The van der Waals surface area contributed by atoms with Crippen LogP contribution in [0.15, 0.2) is 0 Å². The largest absolute Gasteiger partial charge is 0.339 e. The van der Waals surface area contributed by atoms with Crippen molar-refractivity contribution >= 4 is 17.7 Å². The molecule has 1 heterocycles. The highest BCUT2D eigenvalue weighted by molar-refractivity contribution is 5.78. The Morgan fingerprint density at radius 3 is 1.30 bits per heavy atom. The van der Waals surface area contributed by atoms with Gasteiger partial charge < -0.3 is 14.7 Å². The number of rotatable bonds is 5. The molecule has 0 aromatic rings. The second-order valence-electron chi connectivity index (χ2n) is 5.95. The number of carbonyl (C=O) groups is 3. The van der Waals surface area contributed by atoms with Crippen LogP contribution in [0.25, 0.3) is 0 Å².